The highest BCUT2D eigenvalue weighted by Gasteiger charge is 2.21. The number of hydrazine groups is 1. The van der Waals surface area contributed by atoms with Crippen molar-refractivity contribution in [1.82, 2.24) is 5.32 Å². The molecule has 0 radical (unpaired) electrons. The third-order valence-electron chi connectivity index (χ3n) is 3.99. The molecule has 1 aliphatic rings. The fraction of sp³-hybridized carbons (Fsp3) is 0.235. The summed E-state index contributed by atoms with van der Waals surface area (Å²) in [4.78, 5) is 12.4. The first kappa shape index (κ1) is 13.6. The molecule has 3 rings (SSSR count). The Kier molecular flexibility index (Phi) is 3.88. The largest absolute Gasteiger partial charge is 0.345 e. The molecule has 21 heavy (non-hydrogen) atoms. The molecule has 108 valence electrons. The van der Waals surface area contributed by atoms with Gasteiger partial charge in [-0.3, -0.25) is 10.6 Å². The summed E-state index contributed by atoms with van der Waals surface area (Å²) in [6.07, 6.45) is 3.20. The molecule has 4 nitrogen and oxygen atoms in total. The van der Waals surface area contributed by atoms with E-state index < -0.39 is 0 Å². The summed E-state index contributed by atoms with van der Waals surface area (Å²) < 4.78 is 0. The molecule has 0 saturated carbocycles. The van der Waals surface area contributed by atoms with Gasteiger partial charge in [0, 0.05) is 11.3 Å². The second-order valence-electron chi connectivity index (χ2n) is 5.34. The van der Waals surface area contributed by atoms with E-state index in [9.17, 15) is 4.79 Å². The highest BCUT2D eigenvalue weighted by Crippen LogP contribution is 2.29. The molecular weight excluding hydrogens is 262 g/mol. The fourth-order valence-corrected chi connectivity index (χ4v) is 2.86. The number of amides is 1. The van der Waals surface area contributed by atoms with Crippen molar-refractivity contribution in [3.05, 3.63) is 65.2 Å². The number of rotatable bonds is 3. The Hall–Kier alpha value is -2.33. The van der Waals surface area contributed by atoms with Crippen LogP contribution in [0.15, 0.2) is 48.5 Å². The molecule has 1 atom stereocenters. The SMILES string of the molecule is NNc1ccc(C(=O)NC2CCCc3ccccc32)cc1. The zero-order valence-corrected chi connectivity index (χ0v) is 11.8. The Morgan fingerprint density at radius 2 is 1.86 bits per heavy atom. The van der Waals surface area contributed by atoms with Crippen molar-refractivity contribution < 1.29 is 4.79 Å². The van der Waals surface area contributed by atoms with Gasteiger partial charge < -0.3 is 10.7 Å². The summed E-state index contributed by atoms with van der Waals surface area (Å²) in [6, 6.07) is 15.6. The van der Waals surface area contributed by atoms with Crippen LogP contribution in [0.5, 0.6) is 0 Å². The number of carbonyl (C=O) groups excluding carboxylic acids is 1. The summed E-state index contributed by atoms with van der Waals surface area (Å²) in [5, 5.41) is 3.14. The van der Waals surface area contributed by atoms with Crippen LogP contribution >= 0.6 is 0 Å². The van der Waals surface area contributed by atoms with E-state index in [4.69, 9.17) is 5.84 Å². The second kappa shape index (κ2) is 5.97. The van der Waals surface area contributed by atoms with E-state index in [-0.39, 0.29) is 11.9 Å². The number of hydrogen-bond donors (Lipinski definition) is 3. The van der Waals surface area contributed by atoms with E-state index in [0.29, 0.717) is 5.56 Å². The topological polar surface area (TPSA) is 67.1 Å². The number of carbonyl (C=O) groups is 1. The van der Waals surface area contributed by atoms with Gasteiger partial charge in [0.05, 0.1) is 6.04 Å². The lowest BCUT2D eigenvalue weighted by Crippen LogP contribution is -2.30. The van der Waals surface area contributed by atoms with Crippen molar-refractivity contribution in [3.63, 3.8) is 0 Å². The van der Waals surface area contributed by atoms with Crippen LogP contribution in [-0.2, 0) is 6.42 Å². The third kappa shape index (κ3) is 2.90. The molecule has 0 aliphatic heterocycles. The van der Waals surface area contributed by atoms with Crippen LogP contribution in [0.3, 0.4) is 0 Å². The highest BCUT2D eigenvalue weighted by atomic mass is 16.1. The number of nitrogen functional groups attached to an aromatic ring is 1. The van der Waals surface area contributed by atoms with Crippen LogP contribution in [-0.4, -0.2) is 5.91 Å². The third-order valence-corrected chi connectivity index (χ3v) is 3.99. The lowest BCUT2D eigenvalue weighted by atomic mass is 9.87. The molecule has 0 saturated heterocycles. The van der Waals surface area contributed by atoms with E-state index in [1.54, 1.807) is 24.3 Å². The van der Waals surface area contributed by atoms with Crippen molar-refractivity contribution in [2.45, 2.75) is 25.3 Å². The lowest BCUT2D eigenvalue weighted by Gasteiger charge is -2.26. The summed E-state index contributed by atoms with van der Waals surface area (Å²) >= 11 is 0. The summed E-state index contributed by atoms with van der Waals surface area (Å²) in [6.45, 7) is 0. The minimum absolute atomic E-state index is 0.0414. The smallest absolute Gasteiger partial charge is 0.251 e. The molecule has 4 N–H and O–H groups in total. The number of nitrogens with two attached hydrogens (primary N) is 1. The highest BCUT2D eigenvalue weighted by molar-refractivity contribution is 5.94. The molecule has 2 aromatic rings. The van der Waals surface area contributed by atoms with Gasteiger partial charge in [0.25, 0.3) is 5.91 Å². The lowest BCUT2D eigenvalue weighted by molar-refractivity contribution is 0.0933. The molecular formula is C17H19N3O. The number of hydrogen-bond acceptors (Lipinski definition) is 3. The summed E-state index contributed by atoms with van der Waals surface area (Å²) in [5.41, 5.74) is 6.58. The van der Waals surface area contributed by atoms with E-state index >= 15 is 0 Å². The van der Waals surface area contributed by atoms with Crippen molar-refractivity contribution in [1.29, 1.82) is 0 Å². The van der Waals surface area contributed by atoms with Crippen molar-refractivity contribution in [2.75, 3.05) is 5.43 Å². The monoisotopic (exact) mass is 281 g/mol. The average Bonchev–Trinajstić information content (AvgIpc) is 2.55. The standard InChI is InChI=1S/C17H19N3O/c18-20-14-10-8-13(9-11-14)17(21)19-16-7-3-5-12-4-1-2-6-15(12)16/h1-2,4,6,8-11,16,20H,3,5,7,18H2,(H,19,21). The average molecular weight is 281 g/mol. The first-order valence-electron chi connectivity index (χ1n) is 7.23. The van der Waals surface area contributed by atoms with Crippen molar-refractivity contribution in [2.24, 2.45) is 5.84 Å². The molecule has 1 unspecified atom stereocenters. The Balaban J connectivity index is 1.76. The fourth-order valence-electron chi connectivity index (χ4n) is 2.86. The Labute approximate surface area is 124 Å². The Bertz CT molecular complexity index is 637. The van der Waals surface area contributed by atoms with Crippen molar-refractivity contribution in [3.8, 4) is 0 Å². The Morgan fingerprint density at radius 1 is 1.10 bits per heavy atom. The maximum absolute atomic E-state index is 12.4. The van der Waals surface area contributed by atoms with Crippen LogP contribution in [0.25, 0.3) is 0 Å². The van der Waals surface area contributed by atoms with Crippen LogP contribution < -0.4 is 16.6 Å². The van der Waals surface area contributed by atoms with Gasteiger partial charge >= 0.3 is 0 Å². The molecule has 0 bridgehead atoms. The minimum Gasteiger partial charge on any atom is -0.345 e. The van der Waals surface area contributed by atoms with E-state index in [1.165, 1.54) is 11.1 Å². The van der Waals surface area contributed by atoms with Crippen molar-refractivity contribution >= 4 is 11.6 Å². The van der Waals surface area contributed by atoms with Gasteiger partial charge in [0.2, 0.25) is 0 Å². The first-order valence-corrected chi connectivity index (χ1v) is 7.23. The van der Waals surface area contributed by atoms with Crippen LogP contribution in [0.4, 0.5) is 5.69 Å². The number of benzene rings is 2. The van der Waals surface area contributed by atoms with E-state index in [2.05, 4.69) is 28.9 Å². The maximum atomic E-state index is 12.4. The zero-order valence-electron chi connectivity index (χ0n) is 11.8. The van der Waals surface area contributed by atoms with Gasteiger partial charge in [-0.2, -0.15) is 0 Å². The zero-order chi connectivity index (χ0) is 14.7. The van der Waals surface area contributed by atoms with Crippen LogP contribution in [0, 0.1) is 0 Å². The predicted octanol–water partition coefficient (Wildman–Crippen LogP) is 2.78. The quantitative estimate of drug-likeness (QED) is 0.598. The Morgan fingerprint density at radius 3 is 2.62 bits per heavy atom. The van der Waals surface area contributed by atoms with Gasteiger partial charge in [0.1, 0.15) is 0 Å². The maximum Gasteiger partial charge on any atom is 0.251 e. The van der Waals surface area contributed by atoms with Gasteiger partial charge in [-0.05, 0) is 54.7 Å². The van der Waals surface area contributed by atoms with Crippen LogP contribution in [0.1, 0.15) is 40.4 Å². The number of aryl methyl sites for hydroxylation is 1. The molecule has 0 spiro atoms. The van der Waals surface area contributed by atoms with Gasteiger partial charge in [-0.25, -0.2) is 0 Å². The summed E-state index contributed by atoms with van der Waals surface area (Å²) in [7, 11) is 0. The van der Waals surface area contributed by atoms with Gasteiger partial charge in [-0.15, -0.1) is 0 Å². The normalized spacial score (nSPS) is 16.9. The number of anilines is 1. The second-order valence-corrected chi connectivity index (χ2v) is 5.34. The van der Waals surface area contributed by atoms with Gasteiger partial charge in [-0.1, -0.05) is 24.3 Å². The first-order chi connectivity index (χ1) is 10.3. The molecule has 1 amide bonds. The van der Waals surface area contributed by atoms with E-state index in [1.807, 2.05) is 6.07 Å². The summed E-state index contributed by atoms with van der Waals surface area (Å²) in [5.74, 6) is 5.29. The van der Waals surface area contributed by atoms with Gasteiger partial charge in [0.15, 0.2) is 0 Å². The van der Waals surface area contributed by atoms with E-state index in [0.717, 1.165) is 24.9 Å². The molecule has 1 aliphatic carbocycles. The molecule has 0 heterocycles. The molecule has 0 fully saturated rings. The predicted molar refractivity (Wildman–Crippen MR) is 83.8 cm³/mol. The van der Waals surface area contributed by atoms with Crippen LogP contribution in [0.2, 0.25) is 0 Å². The minimum atomic E-state index is -0.0414. The molecule has 2 aromatic carbocycles. The molecule has 0 aromatic heterocycles. The number of nitrogens with one attached hydrogen (secondary N) is 2. The molecule has 4 heteroatoms. The number of fused-ring (bicyclic) bond motifs is 1.